The molecule has 2 amide bonds. The summed E-state index contributed by atoms with van der Waals surface area (Å²) < 4.78 is 11.7. The van der Waals surface area contributed by atoms with Crippen LogP contribution in [0.15, 0.2) is 24.3 Å². The lowest BCUT2D eigenvalue weighted by molar-refractivity contribution is -0.0611. The number of hydrogen-bond acceptors (Lipinski definition) is 3. The van der Waals surface area contributed by atoms with Crippen LogP contribution in [-0.4, -0.2) is 30.4 Å². The predicted molar refractivity (Wildman–Crippen MR) is 102 cm³/mol. The maximum Gasteiger partial charge on any atom is 0.315 e. The van der Waals surface area contributed by atoms with E-state index in [4.69, 9.17) is 9.47 Å². The Morgan fingerprint density at radius 2 is 1.88 bits per heavy atom. The zero-order valence-corrected chi connectivity index (χ0v) is 16.1. The summed E-state index contributed by atoms with van der Waals surface area (Å²) in [4.78, 5) is 12.1. The summed E-state index contributed by atoms with van der Waals surface area (Å²) in [5.41, 5.74) is 0.910. The normalized spacial score (nSPS) is 23.2. The highest BCUT2D eigenvalue weighted by Crippen LogP contribution is 2.24. The van der Waals surface area contributed by atoms with Crippen molar-refractivity contribution in [2.24, 2.45) is 0 Å². The third-order valence-electron chi connectivity index (χ3n) is 5.26. The molecule has 1 saturated carbocycles. The molecule has 2 fully saturated rings. The fourth-order valence-corrected chi connectivity index (χ4v) is 3.84. The molecule has 1 saturated heterocycles. The summed E-state index contributed by atoms with van der Waals surface area (Å²) in [7, 11) is 0. The van der Waals surface area contributed by atoms with Gasteiger partial charge in [0.2, 0.25) is 0 Å². The van der Waals surface area contributed by atoms with Crippen molar-refractivity contribution < 1.29 is 14.3 Å². The van der Waals surface area contributed by atoms with Crippen LogP contribution in [-0.2, 0) is 11.3 Å². The van der Waals surface area contributed by atoms with Gasteiger partial charge in [-0.1, -0.05) is 18.6 Å². The highest BCUT2D eigenvalue weighted by atomic mass is 16.5. The summed E-state index contributed by atoms with van der Waals surface area (Å²) in [5.74, 6) is 0.925. The Morgan fingerprint density at radius 3 is 2.58 bits per heavy atom. The van der Waals surface area contributed by atoms with Crippen molar-refractivity contribution >= 4 is 6.03 Å². The van der Waals surface area contributed by atoms with E-state index < -0.39 is 0 Å². The Morgan fingerprint density at radius 1 is 1.15 bits per heavy atom. The van der Waals surface area contributed by atoms with E-state index in [1.54, 1.807) is 0 Å². The molecule has 1 unspecified atom stereocenters. The third-order valence-corrected chi connectivity index (χ3v) is 5.26. The molecule has 1 heterocycles. The van der Waals surface area contributed by atoms with Crippen LogP contribution in [0, 0.1) is 0 Å². The van der Waals surface area contributed by atoms with Gasteiger partial charge in [0, 0.05) is 19.2 Å². The van der Waals surface area contributed by atoms with Gasteiger partial charge in [0.05, 0.1) is 11.7 Å². The number of urea groups is 1. The molecule has 1 atom stereocenters. The van der Waals surface area contributed by atoms with Gasteiger partial charge in [-0.15, -0.1) is 0 Å². The van der Waals surface area contributed by atoms with E-state index in [-0.39, 0.29) is 17.7 Å². The Balaban J connectivity index is 1.40. The number of ether oxygens (including phenoxy) is 2. The van der Waals surface area contributed by atoms with E-state index >= 15 is 0 Å². The number of carbonyl (C=O) groups is 1. The molecule has 1 aliphatic heterocycles. The maximum absolute atomic E-state index is 12.1. The van der Waals surface area contributed by atoms with Crippen molar-refractivity contribution in [3.63, 3.8) is 0 Å². The van der Waals surface area contributed by atoms with Gasteiger partial charge in [0.15, 0.2) is 0 Å². The molecule has 3 rings (SSSR count). The molecule has 5 heteroatoms. The van der Waals surface area contributed by atoms with E-state index in [1.807, 2.05) is 24.3 Å². The van der Waals surface area contributed by atoms with Gasteiger partial charge in [0.25, 0.3) is 0 Å². The van der Waals surface area contributed by atoms with Crippen LogP contribution in [0.3, 0.4) is 0 Å². The molecule has 5 nitrogen and oxygen atoms in total. The van der Waals surface area contributed by atoms with E-state index in [9.17, 15) is 4.79 Å². The topological polar surface area (TPSA) is 59.6 Å². The van der Waals surface area contributed by atoms with Crippen LogP contribution in [0.5, 0.6) is 5.75 Å². The van der Waals surface area contributed by atoms with E-state index in [1.165, 1.54) is 19.3 Å². The molecule has 0 aromatic heterocycles. The minimum atomic E-state index is -0.162. The molecule has 1 aliphatic carbocycles. The van der Waals surface area contributed by atoms with Crippen molar-refractivity contribution in [1.82, 2.24) is 10.6 Å². The van der Waals surface area contributed by atoms with Gasteiger partial charge in [-0.2, -0.15) is 0 Å². The average Bonchev–Trinajstić information content (AvgIpc) is 2.61. The zero-order chi connectivity index (χ0) is 18.4. The van der Waals surface area contributed by atoms with Crippen molar-refractivity contribution in [3.8, 4) is 5.75 Å². The van der Waals surface area contributed by atoms with Gasteiger partial charge in [-0.3, -0.25) is 0 Å². The monoisotopic (exact) mass is 360 g/mol. The van der Waals surface area contributed by atoms with Crippen LogP contribution >= 0.6 is 0 Å². The summed E-state index contributed by atoms with van der Waals surface area (Å²) in [6, 6.07) is 8.11. The fraction of sp³-hybridized carbons (Fsp3) is 0.667. The van der Waals surface area contributed by atoms with Gasteiger partial charge in [-0.05, 0) is 70.1 Å². The Bertz CT molecular complexity index is 579. The van der Waals surface area contributed by atoms with Crippen molar-refractivity contribution in [1.29, 1.82) is 0 Å². The minimum absolute atomic E-state index is 0.116. The molecule has 0 spiro atoms. The maximum atomic E-state index is 12.1. The summed E-state index contributed by atoms with van der Waals surface area (Å²) >= 11 is 0. The highest BCUT2D eigenvalue weighted by Gasteiger charge is 2.29. The molecule has 2 aliphatic rings. The van der Waals surface area contributed by atoms with Gasteiger partial charge in [-0.25, -0.2) is 4.79 Å². The minimum Gasteiger partial charge on any atom is -0.490 e. The summed E-state index contributed by atoms with van der Waals surface area (Å²) in [6.07, 6.45) is 8.26. The first-order valence-electron chi connectivity index (χ1n) is 9.94. The molecule has 1 aromatic carbocycles. The fourth-order valence-electron chi connectivity index (χ4n) is 3.84. The molecule has 1 aromatic rings. The largest absolute Gasteiger partial charge is 0.490 e. The number of hydrogen-bond donors (Lipinski definition) is 2. The van der Waals surface area contributed by atoms with Gasteiger partial charge >= 0.3 is 6.03 Å². The molecule has 0 radical (unpaired) electrons. The second-order valence-corrected chi connectivity index (χ2v) is 8.15. The summed E-state index contributed by atoms with van der Waals surface area (Å²) in [5, 5.41) is 6.00. The quantitative estimate of drug-likeness (QED) is 0.829. The second-order valence-electron chi connectivity index (χ2n) is 8.15. The number of benzene rings is 1. The van der Waals surface area contributed by atoms with Crippen LogP contribution < -0.4 is 15.4 Å². The smallest absolute Gasteiger partial charge is 0.315 e. The predicted octanol–water partition coefficient (Wildman–Crippen LogP) is 4.15. The lowest BCUT2D eigenvalue weighted by atomic mass is 9.94. The highest BCUT2D eigenvalue weighted by molar-refractivity contribution is 5.74. The van der Waals surface area contributed by atoms with E-state index in [0.717, 1.165) is 37.0 Å². The third kappa shape index (κ3) is 5.90. The molecule has 0 bridgehead atoms. The first kappa shape index (κ1) is 19.0. The first-order chi connectivity index (χ1) is 12.5. The summed E-state index contributed by atoms with van der Waals surface area (Å²) in [6.45, 7) is 5.34. The number of carbonyl (C=O) groups excluding carboxylic acids is 1. The Hall–Kier alpha value is -1.75. The Labute approximate surface area is 156 Å². The first-order valence-corrected chi connectivity index (χ1v) is 9.94. The number of nitrogens with one attached hydrogen (secondary N) is 2. The average molecular weight is 360 g/mol. The van der Waals surface area contributed by atoms with E-state index in [2.05, 4.69) is 24.5 Å². The molecule has 2 N–H and O–H groups in total. The van der Waals surface area contributed by atoms with Crippen LogP contribution in [0.4, 0.5) is 4.79 Å². The van der Waals surface area contributed by atoms with Gasteiger partial charge < -0.3 is 20.1 Å². The van der Waals surface area contributed by atoms with E-state index in [0.29, 0.717) is 19.3 Å². The van der Waals surface area contributed by atoms with Crippen LogP contribution in [0.1, 0.15) is 64.4 Å². The SMILES string of the molecule is CC1(C)CC(NC(=O)NCc2ccc(OC3CCCCC3)cc2)CCO1. The van der Waals surface area contributed by atoms with Crippen molar-refractivity contribution in [2.75, 3.05) is 6.61 Å². The van der Waals surface area contributed by atoms with Crippen LogP contribution in [0.25, 0.3) is 0 Å². The lowest BCUT2D eigenvalue weighted by Crippen LogP contribution is -2.48. The lowest BCUT2D eigenvalue weighted by Gasteiger charge is -2.35. The number of rotatable bonds is 5. The molecule has 144 valence electrons. The molecular weight excluding hydrogens is 328 g/mol. The number of amides is 2. The second kappa shape index (κ2) is 8.76. The van der Waals surface area contributed by atoms with Crippen LogP contribution in [0.2, 0.25) is 0 Å². The van der Waals surface area contributed by atoms with Crippen molar-refractivity contribution in [2.45, 2.75) is 83.1 Å². The Kier molecular flexibility index (Phi) is 6.41. The molecule has 26 heavy (non-hydrogen) atoms. The molecular formula is C21H32N2O3. The standard InChI is InChI=1S/C21H32N2O3/c1-21(2)14-17(12-13-25-21)23-20(24)22-15-16-8-10-19(11-9-16)26-18-6-4-3-5-7-18/h8-11,17-18H,3-7,12-15H2,1-2H3,(H2,22,23,24). The van der Waals surface area contributed by atoms with Crippen molar-refractivity contribution in [3.05, 3.63) is 29.8 Å². The van der Waals surface area contributed by atoms with Gasteiger partial charge in [0.1, 0.15) is 5.75 Å². The zero-order valence-electron chi connectivity index (χ0n) is 16.1.